The second kappa shape index (κ2) is 6.98. The zero-order chi connectivity index (χ0) is 13.6. The maximum atomic E-state index is 6.02. The van der Waals surface area contributed by atoms with Crippen LogP contribution in [-0.4, -0.2) is 25.4 Å². The number of ether oxygens (including phenoxy) is 2. The van der Waals surface area contributed by atoms with Crippen molar-refractivity contribution in [2.75, 3.05) is 19.8 Å². The average Bonchev–Trinajstić information content (AvgIpc) is 2.26. The Kier molecular flexibility index (Phi) is 5.93. The predicted octanol–water partition coefficient (Wildman–Crippen LogP) is 3.17. The summed E-state index contributed by atoms with van der Waals surface area (Å²) in [7, 11) is 0. The lowest BCUT2D eigenvalue weighted by Gasteiger charge is -2.18. The van der Waals surface area contributed by atoms with Crippen LogP contribution in [0.15, 0.2) is 18.2 Å². The highest BCUT2D eigenvalue weighted by Crippen LogP contribution is 2.25. The zero-order valence-electron chi connectivity index (χ0n) is 11.3. The Morgan fingerprint density at radius 3 is 2.67 bits per heavy atom. The van der Waals surface area contributed by atoms with E-state index in [9.17, 15) is 0 Å². The summed E-state index contributed by atoms with van der Waals surface area (Å²) in [6.45, 7) is 7.68. The second-order valence-corrected chi connectivity index (χ2v) is 5.58. The number of rotatable bonds is 7. The molecule has 0 amide bonds. The standard InChI is InChI=1S/C14H22ClNO2/c1-11-5-6-12(15)13(9-11)18-8-4-7-17-10-14(2,3)16/h5-6,9H,4,7-8,10,16H2,1-3H3. The fourth-order valence-electron chi connectivity index (χ4n) is 1.40. The Labute approximate surface area is 114 Å². The fourth-order valence-corrected chi connectivity index (χ4v) is 1.57. The highest BCUT2D eigenvalue weighted by Gasteiger charge is 2.09. The maximum absolute atomic E-state index is 6.02. The van der Waals surface area contributed by atoms with Crippen LogP contribution in [0.4, 0.5) is 0 Å². The van der Waals surface area contributed by atoms with E-state index >= 15 is 0 Å². The lowest BCUT2D eigenvalue weighted by Crippen LogP contribution is -2.37. The molecule has 0 radical (unpaired) electrons. The summed E-state index contributed by atoms with van der Waals surface area (Å²) in [6.07, 6.45) is 0.820. The van der Waals surface area contributed by atoms with Gasteiger partial charge in [0.15, 0.2) is 0 Å². The van der Waals surface area contributed by atoms with E-state index in [1.54, 1.807) is 0 Å². The molecule has 1 aromatic carbocycles. The first-order valence-corrected chi connectivity index (χ1v) is 6.52. The summed E-state index contributed by atoms with van der Waals surface area (Å²) >= 11 is 6.02. The third-order valence-electron chi connectivity index (χ3n) is 2.25. The van der Waals surface area contributed by atoms with Crippen LogP contribution in [0.3, 0.4) is 0 Å². The van der Waals surface area contributed by atoms with Gasteiger partial charge in [0.05, 0.1) is 18.2 Å². The molecule has 0 atom stereocenters. The van der Waals surface area contributed by atoms with Crippen molar-refractivity contribution in [2.24, 2.45) is 5.73 Å². The van der Waals surface area contributed by atoms with Crippen LogP contribution in [0.25, 0.3) is 0 Å². The molecular formula is C14H22ClNO2. The van der Waals surface area contributed by atoms with Gasteiger partial charge in [-0.1, -0.05) is 17.7 Å². The highest BCUT2D eigenvalue weighted by molar-refractivity contribution is 6.32. The van der Waals surface area contributed by atoms with Gasteiger partial charge in [0, 0.05) is 18.6 Å². The van der Waals surface area contributed by atoms with Crippen LogP contribution in [0.1, 0.15) is 25.8 Å². The fraction of sp³-hybridized carbons (Fsp3) is 0.571. The van der Waals surface area contributed by atoms with Gasteiger partial charge in [-0.15, -0.1) is 0 Å². The smallest absolute Gasteiger partial charge is 0.138 e. The summed E-state index contributed by atoms with van der Waals surface area (Å²) in [5.74, 6) is 0.732. The maximum Gasteiger partial charge on any atom is 0.138 e. The molecule has 3 nitrogen and oxygen atoms in total. The normalized spacial score (nSPS) is 11.6. The average molecular weight is 272 g/mol. The molecule has 0 heterocycles. The molecule has 0 aliphatic rings. The van der Waals surface area contributed by atoms with Gasteiger partial charge in [0.1, 0.15) is 5.75 Å². The van der Waals surface area contributed by atoms with Crippen molar-refractivity contribution in [3.05, 3.63) is 28.8 Å². The molecule has 0 saturated heterocycles. The molecule has 0 unspecified atom stereocenters. The van der Waals surface area contributed by atoms with Crippen molar-refractivity contribution < 1.29 is 9.47 Å². The first-order chi connectivity index (χ1) is 8.38. The Morgan fingerprint density at radius 1 is 1.28 bits per heavy atom. The minimum absolute atomic E-state index is 0.277. The third-order valence-corrected chi connectivity index (χ3v) is 2.56. The summed E-state index contributed by atoms with van der Waals surface area (Å²) in [5.41, 5.74) is 6.66. The number of benzene rings is 1. The summed E-state index contributed by atoms with van der Waals surface area (Å²) in [6, 6.07) is 5.74. The molecule has 1 rings (SSSR count). The first kappa shape index (κ1) is 15.3. The number of halogens is 1. The van der Waals surface area contributed by atoms with Crippen LogP contribution in [0.5, 0.6) is 5.75 Å². The van der Waals surface area contributed by atoms with Crippen molar-refractivity contribution in [1.82, 2.24) is 0 Å². The van der Waals surface area contributed by atoms with Gasteiger partial charge < -0.3 is 15.2 Å². The molecular weight excluding hydrogens is 250 g/mol. The Balaban J connectivity index is 2.20. The first-order valence-electron chi connectivity index (χ1n) is 6.14. The number of nitrogens with two attached hydrogens (primary N) is 1. The zero-order valence-corrected chi connectivity index (χ0v) is 12.1. The molecule has 1 aromatic rings. The summed E-state index contributed by atoms with van der Waals surface area (Å²) in [5, 5.41) is 0.643. The molecule has 0 aliphatic carbocycles. The van der Waals surface area contributed by atoms with Crippen molar-refractivity contribution in [3.8, 4) is 5.75 Å². The van der Waals surface area contributed by atoms with Gasteiger partial charge in [-0.05, 0) is 38.5 Å². The van der Waals surface area contributed by atoms with Crippen molar-refractivity contribution in [3.63, 3.8) is 0 Å². The third kappa shape index (κ3) is 6.24. The van der Waals surface area contributed by atoms with E-state index in [0.29, 0.717) is 24.8 Å². The molecule has 2 N–H and O–H groups in total. The van der Waals surface area contributed by atoms with Gasteiger partial charge in [0.25, 0.3) is 0 Å². The largest absolute Gasteiger partial charge is 0.492 e. The van der Waals surface area contributed by atoms with Crippen LogP contribution in [-0.2, 0) is 4.74 Å². The summed E-state index contributed by atoms with van der Waals surface area (Å²) in [4.78, 5) is 0. The van der Waals surface area contributed by atoms with Crippen LogP contribution >= 0.6 is 11.6 Å². The minimum Gasteiger partial charge on any atom is -0.492 e. The molecule has 0 aromatic heterocycles. The lowest BCUT2D eigenvalue weighted by atomic mass is 10.1. The van der Waals surface area contributed by atoms with Gasteiger partial charge in [-0.3, -0.25) is 0 Å². The number of hydrogen-bond acceptors (Lipinski definition) is 3. The number of aryl methyl sites for hydroxylation is 1. The minimum atomic E-state index is -0.277. The van der Waals surface area contributed by atoms with Crippen LogP contribution < -0.4 is 10.5 Å². The molecule has 0 saturated carbocycles. The molecule has 4 heteroatoms. The quantitative estimate of drug-likeness (QED) is 0.775. The molecule has 18 heavy (non-hydrogen) atoms. The molecule has 0 bridgehead atoms. The van der Waals surface area contributed by atoms with Crippen molar-refractivity contribution >= 4 is 11.6 Å². The van der Waals surface area contributed by atoms with Crippen molar-refractivity contribution in [1.29, 1.82) is 0 Å². The van der Waals surface area contributed by atoms with Gasteiger partial charge in [-0.2, -0.15) is 0 Å². The molecule has 102 valence electrons. The summed E-state index contributed by atoms with van der Waals surface area (Å²) < 4.78 is 11.1. The SMILES string of the molecule is Cc1ccc(Cl)c(OCCCOCC(C)(C)N)c1. The molecule has 0 spiro atoms. The second-order valence-electron chi connectivity index (χ2n) is 5.18. The van der Waals surface area contributed by atoms with E-state index in [4.69, 9.17) is 26.8 Å². The van der Waals surface area contributed by atoms with Gasteiger partial charge >= 0.3 is 0 Å². The highest BCUT2D eigenvalue weighted by atomic mass is 35.5. The topological polar surface area (TPSA) is 44.5 Å². The predicted molar refractivity (Wildman–Crippen MR) is 75.4 cm³/mol. The van der Waals surface area contributed by atoms with E-state index in [1.807, 2.05) is 39.0 Å². The van der Waals surface area contributed by atoms with Crippen LogP contribution in [0.2, 0.25) is 5.02 Å². The van der Waals surface area contributed by atoms with E-state index in [0.717, 1.165) is 17.7 Å². The Bertz CT molecular complexity index is 375. The molecule has 0 aliphatic heterocycles. The van der Waals surface area contributed by atoms with Gasteiger partial charge in [0.2, 0.25) is 0 Å². The van der Waals surface area contributed by atoms with E-state index < -0.39 is 0 Å². The number of hydrogen-bond donors (Lipinski definition) is 1. The van der Waals surface area contributed by atoms with E-state index in [1.165, 1.54) is 0 Å². The Morgan fingerprint density at radius 2 is 2.00 bits per heavy atom. The van der Waals surface area contributed by atoms with Gasteiger partial charge in [-0.25, -0.2) is 0 Å². The van der Waals surface area contributed by atoms with Crippen LogP contribution in [0, 0.1) is 6.92 Å². The lowest BCUT2D eigenvalue weighted by molar-refractivity contribution is 0.0870. The van der Waals surface area contributed by atoms with E-state index in [-0.39, 0.29) is 5.54 Å². The Hall–Kier alpha value is -0.770. The monoisotopic (exact) mass is 271 g/mol. The van der Waals surface area contributed by atoms with Crippen molar-refractivity contribution in [2.45, 2.75) is 32.7 Å². The van der Waals surface area contributed by atoms with E-state index in [2.05, 4.69) is 0 Å². The molecule has 0 fully saturated rings.